The number of nitrogens with zero attached hydrogens (tertiary/aromatic N) is 3. The molecule has 134 valence electrons. The number of furan rings is 1. The molecular formula is C17H17N5O3S. The standard InChI is InChI=1S/C17H17N5O3S/c1-10(23)12-5-3-6-13(9-12)19-16(24)11(2)26-17-21-20-15(22(17)18)14-7-4-8-25-14/h3-9,11H,18H2,1-2H3,(H,19,24)/t11-/m0/s1. The summed E-state index contributed by atoms with van der Waals surface area (Å²) in [4.78, 5) is 23.9. The Hall–Kier alpha value is -3.07. The van der Waals surface area contributed by atoms with Crippen LogP contribution in [0.1, 0.15) is 24.2 Å². The van der Waals surface area contributed by atoms with Crippen molar-refractivity contribution in [2.24, 2.45) is 0 Å². The third-order valence-electron chi connectivity index (χ3n) is 3.59. The van der Waals surface area contributed by atoms with Crippen LogP contribution < -0.4 is 11.2 Å². The molecular weight excluding hydrogens is 354 g/mol. The SMILES string of the molecule is CC(=O)c1cccc(NC(=O)[C@H](C)Sc2nnc(-c3ccco3)n2N)c1. The number of nitrogen functional groups attached to an aromatic ring is 1. The average molecular weight is 371 g/mol. The molecule has 2 heterocycles. The van der Waals surface area contributed by atoms with Gasteiger partial charge in [0, 0.05) is 11.3 Å². The summed E-state index contributed by atoms with van der Waals surface area (Å²) in [5, 5.41) is 10.7. The van der Waals surface area contributed by atoms with E-state index in [1.807, 2.05) is 0 Å². The normalized spacial score (nSPS) is 11.9. The Morgan fingerprint density at radius 1 is 1.27 bits per heavy atom. The maximum Gasteiger partial charge on any atom is 0.237 e. The summed E-state index contributed by atoms with van der Waals surface area (Å²) < 4.78 is 6.54. The first kappa shape index (κ1) is 17.7. The number of aromatic nitrogens is 3. The van der Waals surface area contributed by atoms with Crippen molar-refractivity contribution in [2.45, 2.75) is 24.3 Å². The Kier molecular flexibility index (Phi) is 5.08. The van der Waals surface area contributed by atoms with Crippen molar-refractivity contribution in [3.8, 4) is 11.6 Å². The summed E-state index contributed by atoms with van der Waals surface area (Å²) in [6.07, 6.45) is 1.52. The van der Waals surface area contributed by atoms with E-state index in [2.05, 4.69) is 15.5 Å². The summed E-state index contributed by atoms with van der Waals surface area (Å²) in [5.74, 6) is 6.55. The van der Waals surface area contributed by atoms with Gasteiger partial charge in [0.05, 0.1) is 11.5 Å². The van der Waals surface area contributed by atoms with Gasteiger partial charge in [0.25, 0.3) is 0 Å². The van der Waals surface area contributed by atoms with E-state index in [-0.39, 0.29) is 11.7 Å². The third kappa shape index (κ3) is 3.77. The van der Waals surface area contributed by atoms with E-state index in [4.69, 9.17) is 10.3 Å². The zero-order chi connectivity index (χ0) is 18.7. The molecule has 0 saturated heterocycles. The predicted octanol–water partition coefficient (Wildman–Crippen LogP) is 2.57. The van der Waals surface area contributed by atoms with Gasteiger partial charge in [-0.1, -0.05) is 23.9 Å². The number of hydrogen-bond acceptors (Lipinski definition) is 7. The third-order valence-corrected chi connectivity index (χ3v) is 4.65. The topological polar surface area (TPSA) is 116 Å². The van der Waals surface area contributed by atoms with E-state index < -0.39 is 5.25 Å². The number of thioether (sulfide) groups is 1. The molecule has 0 spiro atoms. The largest absolute Gasteiger partial charge is 0.461 e. The number of amides is 1. The highest BCUT2D eigenvalue weighted by Crippen LogP contribution is 2.25. The van der Waals surface area contributed by atoms with Crippen LogP contribution in [0.5, 0.6) is 0 Å². The van der Waals surface area contributed by atoms with Gasteiger partial charge in [-0.25, -0.2) is 4.68 Å². The van der Waals surface area contributed by atoms with Crippen molar-refractivity contribution in [3.63, 3.8) is 0 Å². The van der Waals surface area contributed by atoms with Crippen molar-refractivity contribution >= 4 is 29.1 Å². The second kappa shape index (κ2) is 7.44. The molecule has 0 aliphatic rings. The first-order valence-electron chi connectivity index (χ1n) is 7.78. The van der Waals surface area contributed by atoms with Gasteiger partial charge in [0.2, 0.25) is 16.9 Å². The molecule has 8 nitrogen and oxygen atoms in total. The fourth-order valence-electron chi connectivity index (χ4n) is 2.20. The van der Waals surface area contributed by atoms with Crippen LogP contribution in [0.4, 0.5) is 5.69 Å². The molecule has 2 aromatic heterocycles. The van der Waals surface area contributed by atoms with Crippen LogP contribution in [0.25, 0.3) is 11.6 Å². The van der Waals surface area contributed by atoms with Crippen LogP contribution in [0.2, 0.25) is 0 Å². The number of anilines is 1. The Morgan fingerprint density at radius 2 is 2.08 bits per heavy atom. The van der Waals surface area contributed by atoms with Gasteiger partial charge in [-0.15, -0.1) is 10.2 Å². The van der Waals surface area contributed by atoms with Gasteiger partial charge in [-0.05, 0) is 38.1 Å². The molecule has 3 aromatic rings. The van der Waals surface area contributed by atoms with Gasteiger partial charge < -0.3 is 15.6 Å². The van der Waals surface area contributed by atoms with Crippen LogP contribution >= 0.6 is 11.8 Å². The second-order valence-electron chi connectivity index (χ2n) is 5.54. The van der Waals surface area contributed by atoms with Gasteiger partial charge in [-0.3, -0.25) is 9.59 Å². The number of carbonyl (C=O) groups excluding carboxylic acids is 2. The Balaban J connectivity index is 1.68. The van der Waals surface area contributed by atoms with E-state index in [9.17, 15) is 9.59 Å². The summed E-state index contributed by atoms with van der Waals surface area (Å²) in [6.45, 7) is 3.21. The number of ketones is 1. The molecule has 0 unspecified atom stereocenters. The maximum absolute atomic E-state index is 12.4. The van der Waals surface area contributed by atoms with Crippen LogP contribution in [-0.4, -0.2) is 31.8 Å². The molecule has 3 N–H and O–H groups in total. The highest BCUT2D eigenvalue weighted by atomic mass is 32.2. The van der Waals surface area contributed by atoms with E-state index in [1.165, 1.54) is 29.6 Å². The van der Waals surface area contributed by atoms with E-state index >= 15 is 0 Å². The molecule has 26 heavy (non-hydrogen) atoms. The quantitative estimate of drug-likeness (QED) is 0.388. The number of benzene rings is 1. The van der Waals surface area contributed by atoms with Crippen LogP contribution in [0.3, 0.4) is 0 Å². The molecule has 1 amide bonds. The van der Waals surface area contributed by atoms with Crippen LogP contribution in [-0.2, 0) is 4.79 Å². The average Bonchev–Trinajstić information content (AvgIpc) is 3.25. The Labute approximate surface area is 153 Å². The highest BCUT2D eigenvalue weighted by Gasteiger charge is 2.21. The first-order valence-corrected chi connectivity index (χ1v) is 8.66. The van der Waals surface area contributed by atoms with Crippen molar-refractivity contribution in [1.29, 1.82) is 0 Å². The predicted molar refractivity (Wildman–Crippen MR) is 98.3 cm³/mol. The van der Waals surface area contributed by atoms with E-state index in [0.29, 0.717) is 28.0 Å². The molecule has 0 fully saturated rings. The second-order valence-corrected chi connectivity index (χ2v) is 6.85. The lowest BCUT2D eigenvalue weighted by Crippen LogP contribution is -2.23. The minimum absolute atomic E-state index is 0.0646. The fraction of sp³-hybridized carbons (Fsp3) is 0.176. The molecule has 9 heteroatoms. The molecule has 1 atom stereocenters. The number of nitrogens with two attached hydrogens (primary N) is 1. The minimum atomic E-state index is -0.480. The molecule has 0 saturated carbocycles. The van der Waals surface area contributed by atoms with Gasteiger partial charge in [0.15, 0.2) is 11.5 Å². The number of nitrogens with one attached hydrogen (secondary N) is 1. The fourth-order valence-corrected chi connectivity index (χ4v) is 2.97. The van der Waals surface area contributed by atoms with E-state index in [1.54, 1.807) is 43.3 Å². The van der Waals surface area contributed by atoms with Crippen molar-refractivity contribution in [3.05, 3.63) is 48.2 Å². The van der Waals surface area contributed by atoms with E-state index in [0.717, 1.165) is 0 Å². The number of carbonyl (C=O) groups is 2. The van der Waals surface area contributed by atoms with Gasteiger partial charge >= 0.3 is 0 Å². The highest BCUT2D eigenvalue weighted by molar-refractivity contribution is 8.00. The Morgan fingerprint density at radius 3 is 2.77 bits per heavy atom. The monoisotopic (exact) mass is 371 g/mol. The van der Waals surface area contributed by atoms with Gasteiger partial charge in [0.1, 0.15) is 0 Å². The number of Topliss-reactive ketones (excluding diaryl/α,β-unsaturated/α-hetero) is 1. The van der Waals surface area contributed by atoms with Crippen molar-refractivity contribution in [2.75, 3.05) is 11.2 Å². The molecule has 0 aliphatic carbocycles. The summed E-state index contributed by atoms with van der Waals surface area (Å²) in [7, 11) is 0. The smallest absolute Gasteiger partial charge is 0.237 e. The molecule has 0 aliphatic heterocycles. The molecule has 0 radical (unpaired) electrons. The van der Waals surface area contributed by atoms with Crippen LogP contribution in [0.15, 0.2) is 52.2 Å². The Bertz CT molecular complexity index is 936. The minimum Gasteiger partial charge on any atom is -0.461 e. The maximum atomic E-state index is 12.4. The number of rotatable bonds is 6. The van der Waals surface area contributed by atoms with Crippen molar-refractivity contribution < 1.29 is 14.0 Å². The zero-order valence-corrected chi connectivity index (χ0v) is 15.0. The lowest BCUT2D eigenvalue weighted by atomic mass is 10.1. The summed E-state index contributed by atoms with van der Waals surface area (Å²) in [5.41, 5.74) is 1.09. The van der Waals surface area contributed by atoms with Crippen molar-refractivity contribution in [1.82, 2.24) is 14.9 Å². The zero-order valence-electron chi connectivity index (χ0n) is 14.2. The first-order chi connectivity index (χ1) is 12.5. The lowest BCUT2D eigenvalue weighted by Gasteiger charge is -2.12. The summed E-state index contributed by atoms with van der Waals surface area (Å²) >= 11 is 1.17. The number of hydrogen-bond donors (Lipinski definition) is 2. The van der Waals surface area contributed by atoms with Gasteiger partial charge in [-0.2, -0.15) is 0 Å². The molecule has 3 rings (SSSR count). The molecule has 1 aromatic carbocycles. The lowest BCUT2D eigenvalue weighted by molar-refractivity contribution is -0.115. The molecule has 0 bridgehead atoms. The summed E-state index contributed by atoms with van der Waals surface area (Å²) in [6, 6.07) is 10.2. The van der Waals surface area contributed by atoms with Crippen LogP contribution in [0, 0.1) is 0 Å².